The van der Waals surface area contributed by atoms with E-state index in [0.29, 0.717) is 6.61 Å². The average Bonchev–Trinajstić information content (AvgIpc) is 2.45. The summed E-state index contributed by atoms with van der Waals surface area (Å²) >= 11 is 0. The number of benzene rings is 1. The SMILES string of the molecule is C#CC1CCCCC1C(=O)OCc1ccccc1. The third-order valence-corrected chi connectivity index (χ3v) is 3.51. The van der Waals surface area contributed by atoms with Gasteiger partial charge >= 0.3 is 5.97 Å². The minimum Gasteiger partial charge on any atom is -0.461 e. The fourth-order valence-corrected chi connectivity index (χ4v) is 2.45. The van der Waals surface area contributed by atoms with Crippen LogP contribution in [0, 0.1) is 24.2 Å². The maximum atomic E-state index is 12.0. The number of ether oxygens (including phenoxy) is 1. The summed E-state index contributed by atoms with van der Waals surface area (Å²) in [4.78, 5) is 12.0. The third kappa shape index (κ3) is 3.13. The van der Waals surface area contributed by atoms with E-state index in [2.05, 4.69) is 5.92 Å². The van der Waals surface area contributed by atoms with Gasteiger partial charge in [0.2, 0.25) is 0 Å². The zero-order valence-electron chi connectivity index (χ0n) is 10.5. The van der Waals surface area contributed by atoms with E-state index in [4.69, 9.17) is 11.2 Å². The fourth-order valence-electron chi connectivity index (χ4n) is 2.45. The van der Waals surface area contributed by atoms with Gasteiger partial charge in [0, 0.05) is 5.92 Å². The number of hydrogen-bond acceptors (Lipinski definition) is 2. The van der Waals surface area contributed by atoms with Gasteiger partial charge in [0.25, 0.3) is 0 Å². The van der Waals surface area contributed by atoms with E-state index in [0.717, 1.165) is 31.2 Å². The molecular formula is C16H18O2. The normalized spacial score (nSPS) is 23.1. The Hall–Kier alpha value is -1.75. The van der Waals surface area contributed by atoms with Crippen LogP contribution in [0.3, 0.4) is 0 Å². The lowest BCUT2D eigenvalue weighted by Crippen LogP contribution is -2.27. The molecule has 1 fully saturated rings. The van der Waals surface area contributed by atoms with Crippen LogP contribution in [-0.4, -0.2) is 5.97 Å². The molecule has 0 amide bonds. The van der Waals surface area contributed by atoms with Crippen LogP contribution in [0.4, 0.5) is 0 Å². The monoisotopic (exact) mass is 242 g/mol. The van der Waals surface area contributed by atoms with Crippen molar-refractivity contribution in [2.24, 2.45) is 11.8 Å². The molecule has 0 N–H and O–H groups in total. The second-order valence-electron chi connectivity index (χ2n) is 4.76. The summed E-state index contributed by atoms with van der Waals surface area (Å²) in [5, 5.41) is 0. The number of rotatable bonds is 3. The Morgan fingerprint density at radius 1 is 1.28 bits per heavy atom. The minimum atomic E-state index is -0.137. The van der Waals surface area contributed by atoms with Gasteiger partial charge in [-0.2, -0.15) is 0 Å². The Labute approximate surface area is 108 Å². The van der Waals surface area contributed by atoms with E-state index in [9.17, 15) is 4.79 Å². The quantitative estimate of drug-likeness (QED) is 0.601. The molecule has 2 atom stereocenters. The first-order valence-electron chi connectivity index (χ1n) is 6.48. The Balaban J connectivity index is 1.89. The summed E-state index contributed by atoms with van der Waals surface area (Å²) in [7, 11) is 0. The first-order valence-corrected chi connectivity index (χ1v) is 6.48. The van der Waals surface area contributed by atoms with Gasteiger partial charge in [-0.15, -0.1) is 12.3 Å². The summed E-state index contributed by atoms with van der Waals surface area (Å²) in [6, 6.07) is 9.72. The molecule has 0 saturated heterocycles. The second-order valence-corrected chi connectivity index (χ2v) is 4.76. The molecule has 0 spiro atoms. The average molecular weight is 242 g/mol. The van der Waals surface area contributed by atoms with Crippen molar-refractivity contribution in [1.82, 2.24) is 0 Å². The van der Waals surface area contributed by atoms with Crippen LogP contribution >= 0.6 is 0 Å². The molecule has 2 heteroatoms. The van der Waals surface area contributed by atoms with E-state index in [1.165, 1.54) is 0 Å². The van der Waals surface area contributed by atoms with Crippen LogP contribution in [0.15, 0.2) is 30.3 Å². The molecule has 1 aromatic carbocycles. The van der Waals surface area contributed by atoms with E-state index < -0.39 is 0 Å². The fraction of sp³-hybridized carbons (Fsp3) is 0.438. The van der Waals surface area contributed by atoms with E-state index in [1.54, 1.807) is 0 Å². The smallest absolute Gasteiger partial charge is 0.310 e. The van der Waals surface area contributed by atoms with E-state index in [1.807, 2.05) is 30.3 Å². The Kier molecular flexibility index (Phi) is 4.41. The maximum absolute atomic E-state index is 12.0. The Morgan fingerprint density at radius 3 is 2.72 bits per heavy atom. The molecule has 0 bridgehead atoms. The molecule has 0 aromatic heterocycles. The van der Waals surface area contributed by atoms with Crippen molar-refractivity contribution >= 4 is 5.97 Å². The van der Waals surface area contributed by atoms with Crippen LogP contribution in [0.1, 0.15) is 31.2 Å². The highest BCUT2D eigenvalue weighted by Gasteiger charge is 2.30. The lowest BCUT2D eigenvalue weighted by atomic mass is 9.80. The van der Waals surface area contributed by atoms with Crippen LogP contribution in [0.2, 0.25) is 0 Å². The van der Waals surface area contributed by atoms with Gasteiger partial charge in [-0.1, -0.05) is 43.2 Å². The molecule has 2 rings (SSSR count). The van der Waals surface area contributed by atoms with Crippen molar-refractivity contribution < 1.29 is 9.53 Å². The molecular weight excluding hydrogens is 224 g/mol. The highest BCUT2D eigenvalue weighted by molar-refractivity contribution is 5.73. The van der Waals surface area contributed by atoms with Gasteiger partial charge in [-0.05, 0) is 18.4 Å². The van der Waals surface area contributed by atoms with E-state index in [-0.39, 0.29) is 17.8 Å². The third-order valence-electron chi connectivity index (χ3n) is 3.51. The van der Waals surface area contributed by atoms with Gasteiger partial charge in [-0.25, -0.2) is 0 Å². The van der Waals surface area contributed by atoms with Crippen LogP contribution in [-0.2, 0) is 16.1 Å². The van der Waals surface area contributed by atoms with Gasteiger partial charge in [0.15, 0.2) is 0 Å². The first-order chi connectivity index (χ1) is 8.81. The summed E-state index contributed by atoms with van der Waals surface area (Å²) < 4.78 is 5.37. The van der Waals surface area contributed by atoms with Gasteiger partial charge < -0.3 is 4.74 Å². The number of carbonyl (C=O) groups is 1. The molecule has 18 heavy (non-hydrogen) atoms. The van der Waals surface area contributed by atoms with Gasteiger partial charge in [0.05, 0.1) is 5.92 Å². The second kappa shape index (κ2) is 6.26. The predicted molar refractivity (Wildman–Crippen MR) is 70.5 cm³/mol. The van der Waals surface area contributed by atoms with Crippen LogP contribution in [0.5, 0.6) is 0 Å². The van der Waals surface area contributed by atoms with Crippen molar-refractivity contribution in [3.63, 3.8) is 0 Å². The molecule has 0 heterocycles. The van der Waals surface area contributed by atoms with E-state index >= 15 is 0 Å². The zero-order valence-corrected chi connectivity index (χ0v) is 10.5. The summed E-state index contributed by atoms with van der Waals surface area (Å²) in [6.07, 6.45) is 9.49. The van der Waals surface area contributed by atoms with Gasteiger partial charge in [0.1, 0.15) is 6.61 Å². The number of carbonyl (C=O) groups excluding carboxylic acids is 1. The standard InChI is InChI=1S/C16H18O2/c1-2-14-10-6-7-11-15(14)16(17)18-12-13-8-4-3-5-9-13/h1,3-5,8-9,14-15H,6-7,10-12H2. The topological polar surface area (TPSA) is 26.3 Å². The Bertz CT molecular complexity index is 430. The highest BCUT2D eigenvalue weighted by atomic mass is 16.5. The van der Waals surface area contributed by atoms with Crippen LogP contribution < -0.4 is 0 Å². The van der Waals surface area contributed by atoms with Gasteiger partial charge in [-0.3, -0.25) is 4.79 Å². The largest absolute Gasteiger partial charge is 0.461 e. The Morgan fingerprint density at radius 2 is 2.00 bits per heavy atom. The molecule has 1 aliphatic carbocycles. The molecule has 1 saturated carbocycles. The molecule has 1 aromatic rings. The molecule has 0 radical (unpaired) electrons. The molecule has 0 aliphatic heterocycles. The van der Waals surface area contributed by atoms with Crippen LogP contribution in [0.25, 0.3) is 0 Å². The number of terminal acetylenes is 1. The van der Waals surface area contributed by atoms with Crippen molar-refractivity contribution in [3.8, 4) is 12.3 Å². The highest BCUT2D eigenvalue weighted by Crippen LogP contribution is 2.30. The van der Waals surface area contributed by atoms with Crippen molar-refractivity contribution in [2.45, 2.75) is 32.3 Å². The van der Waals surface area contributed by atoms with Crippen molar-refractivity contribution in [1.29, 1.82) is 0 Å². The summed E-state index contributed by atoms with van der Waals surface area (Å²) in [5.74, 6) is 2.55. The lowest BCUT2D eigenvalue weighted by molar-refractivity contribution is -0.152. The van der Waals surface area contributed by atoms with Crippen molar-refractivity contribution in [2.75, 3.05) is 0 Å². The molecule has 2 unspecified atom stereocenters. The number of hydrogen-bond donors (Lipinski definition) is 0. The lowest BCUT2D eigenvalue weighted by Gasteiger charge is -2.26. The molecule has 1 aliphatic rings. The predicted octanol–water partition coefficient (Wildman–Crippen LogP) is 3.17. The maximum Gasteiger partial charge on any atom is 0.310 e. The zero-order chi connectivity index (χ0) is 12.8. The van der Waals surface area contributed by atoms with Crippen molar-refractivity contribution in [3.05, 3.63) is 35.9 Å². The number of esters is 1. The minimum absolute atomic E-state index is 0.0574. The summed E-state index contributed by atoms with van der Waals surface area (Å²) in [6.45, 7) is 0.341. The summed E-state index contributed by atoms with van der Waals surface area (Å²) in [5.41, 5.74) is 1.01. The molecule has 2 nitrogen and oxygen atoms in total. The molecule has 94 valence electrons. The first kappa shape index (κ1) is 12.7.